The van der Waals surface area contributed by atoms with E-state index in [9.17, 15) is 19.4 Å². The third-order valence-corrected chi connectivity index (χ3v) is 9.30. The summed E-state index contributed by atoms with van der Waals surface area (Å²) in [5, 5.41) is 18.4. The van der Waals surface area contributed by atoms with E-state index in [4.69, 9.17) is 23.6 Å². The fourth-order valence-electron chi connectivity index (χ4n) is 5.07. The first kappa shape index (κ1) is 56.6. The zero-order valence-corrected chi connectivity index (χ0v) is 37.8. The predicted octanol–water partition coefficient (Wildman–Crippen LogP) is 12.6. The normalized spacial score (nSPS) is 15.2. The van der Waals surface area contributed by atoms with Crippen LogP contribution in [0.15, 0.2) is 134 Å². The molecule has 0 rings (SSSR count). The Bertz CT molecular complexity index is 1380. The van der Waals surface area contributed by atoms with E-state index in [1.165, 1.54) is 0 Å². The van der Waals surface area contributed by atoms with Crippen molar-refractivity contribution in [3.63, 3.8) is 0 Å². The Morgan fingerprint density at radius 3 is 1.33 bits per heavy atom. The molecule has 0 saturated heterocycles. The van der Waals surface area contributed by atoms with Crippen LogP contribution in [0.4, 0.5) is 0 Å². The third-order valence-electron chi connectivity index (χ3n) is 8.35. The molecule has 0 aliphatic carbocycles. The summed E-state index contributed by atoms with van der Waals surface area (Å²) < 4.78 is 33.2. The number of hydrogen-bond donors (Lipinski definition) is 3. The lowest BCUT2D eigenvalue weighted by atomic mass is 10.1. The van der Waals surface area contributed by atoms with Crippen molar-refractivity contribution >= 4 is 13.8 Å². The van der Waals surface area contributed by atoms with Gasteiger partial charge in [0.1, 0.15) is 12.2 Å². The van der Waals surface area contributed by atoms with E-state index >= 15 is 0 Å². The summed E-state index contributed by atoms with van der Waals surface area (Å²) >= 11 is 0. The maximum atomic E-state index is 12.6. The van der Waals surface area contributed by atoms with Crippen molar-refractivity contribution in [2.75, 3.05) is 33.0 Å². The smallest absolute Gasteiger partial charge is 0.457 e. The van der Waals surface area contributed by atoms with Crippen molar-refractivity contribution in [2.45, 2.75) is 142 Å². The number of phosphoric ester groups is 1. The largest absolute Gasteiger partial charge is 0.472 e. The molecule has 60 heavy (non-hydrogen) atoms. The van der Waals surface area contributed by atoms with Crippen LogP contribution in [0.2, 0.25) is 0 Å². The van der Waals surface area contributed by atoms with Crippen LogP contribution >= 0.6 is 7.82 Å². The van der Waals surface area contributed by atoms with Gasteiger partial charge in [-0.3, -0.25) is 13.8 Å². The van der Waals surface area contributed by atoms with Crippen LogP contribution < -0.4 is 0 Å². The van der Waals surface area contributed by atoms with Gasteiger partial charge in [-0.05, 0) is 96.3 Å². The summed E-state index contributed by atoms with van der Waals surface area (Å²) in [7, 11) is -4.56. The van der Waals surface area contributed by atoms with Crippen LogP contribution in [0.25, 0.3) is 0 Å². The summed E-state index contributed by atoms with van der Waals surface area (Å²) in [6, 6.07) is 0. The number of unbranched alkanes of at least 4 members (excludes halogenated alkanes) is 4. The van der Waals surface area contributed by atoms with Gasteiger partial charge in [-0.15, -0.1) is 0 Å². The number of ether oxygens (including phenoxy) is 2. The van der Waals surface area contributed by atoms with Gasteiger partial charge in [0.25, 0.3) is 0 Å². The summed E-state index contributed by atoms with van der Waals surface area (Å²) in [6.45, 7) is 2.98. The lowest BCUT2D eigenvalue weighted by Gasteiger charge is -2.20. The van der Waals surface area contributed by atoms with E-state index in [1.807, 2.05) is 6.08 Å². The van der Waals surface area contributed by atoms with Crippen molar-refractivity contribution in [2.24, 2.45) is 0 Å². The predicted molar refractivity (Wildman–Crippen MR) is 251 cm³/mol. The highest BCUT2D eigenvalue weighted by molar-refractivity contribution is 7.47. The molecule has 0 heterocycles. The van der Waals surface area contributed by atoms with Crippen molar-refractivity contribution in [1.82, 2.24) is 0 Å². The van der Waals surface area contributed by atoms with E-state index < -0.39 is 45.8 Å². The lowest BCUT2D eigenvalue weighted by Crippen LogP contribution is -2.29. The Hall–Kier alpha value is -3.40. The van der Waals surface area contributed by atoms with E-state index in [0.717, 1.165) is 96.3 Å². The molecule has 3 unspecified atom stereocenters. The molecule has 0 aliphatic rings. The Labute approximate surface area is 364 Å². The van der Waals surface area contributed by atoms with Gasteiger partial charge >= 0.3 is 13.8 Å². The summed E-state index contributed by atoms with van der Waals surface area (Å²) in [5.74, 6) is -0.439. The van der Waals surface area contributed by atoms with Crippen molar-refractivity contribution in [3.05, 3.63) is 134 Å². The minimum Gasteiger partial charge on any atom is -0.457 e. The van der Waals surface area contributed by atoms with Crippen LogP contribution in [0.1, 0.15) is 129 Å². The van der Waals surface area contributed by atoms with E-state index in [0.29, 0.717) is 19.4 Å². The van der Waals surface area contributed by atoms with Crippen LogP contribution in [0.5, 0.6) is 0 Å². The van der Waals surface area contributed by atoms with Gasteiger partial charge in [0.2, 0.25) is 0 Å². The van der Waals surface area contributed by atoms with Crippen LogP contribution in [0.3, 0.4) is 0 Å². The molecule has 3 N–H and O–H groups in total. The Kier molecular flexibility index (Phi) is 42.6. The van der Waals surface area contributed by atoms with Crippen molar-refractivity contribution in [3.8, 4) is 0 Å². The van der Waals surface area contributed by atoms with Gasteiger partial charge in [0.05, 0.1) is 33.0 Å². The number of phosphoric acid groups is 1. The second-order valence-electron chi connectivity index (χ2n) is 13.9. The number of allylic oxidation sites excluding steroid dienone is 21. The van der Waals surface area contributed by atoms with Gasteiger partial charge in [-0.2, -0.15) is 0 Å². The maximum Gasteiger partial charge on any atom is 0.472 e. The third kappa shape index (κ3) is 44.2. The molecule has 0 aromatic carbocycles. The number of hydrogen-bond acceptors (Lipinski definition) is 8. The quantitative estimate of drug-likeness (QED) is 0.0238. The molecule has 0 spiro atoms. The Morgan fingerprint density at radius 1 is 0.517 bits per heavy atom. The maximum absolute atomic E-state index is 12.6. The van der Waals surface area contributed by atoms with E-state index in [2.05, 4.69) is 141 Å². The van der Waals surface area contributed by atoms with Gasteiger partial charge in [-0.1, -0.05) is 160 Å². The number of rotatable bonds is 40. The molecule has 0 radical (unpaired) electrons. The molecule has 3 atom stereocenters. The summed E-state index contributed by atoms with van der Waals surface area (Å²) in [6.07, 6.45) is 61.5. The summed E-state index contributed by atoms with van der Waals surface area (Å²) in [4.78, 5) is 22.6. The second-order valence-corrected chi connectivity index (χ2v) is 15.4. The van der Waals surface area contributed by atoms with Gasteiger partial charge in [-0.25, -0.2) is 4.57 Å². The molecule has 0 bridgehead atoms. The molecule has 0 fully saturated rings. The summed E-state index contributed by atoms with van der Waals surface area (Å²) in [5.41, 5.74) is 0. The molecule has 0 aliphatic heterocycles. The number of carbonyl (C=O) groups is 1. The monoisotopic (exact) mass is 855 g/mol. The first-order chi connectivity index (χ1) is 29.3. The number of esters is 1. The van der Waals surface area contributed by atoms with Gasteiger partial charge < -0.3 is 24.6 Å². The van der Waals surface area contributed by atoms with Gasteiger partial charge in [0.15, 0.2) is 0 Å². The fraction of sp³-hybridized carbons (Fsp3) is 0.540. The highest BCUT2D eigenvalue weighted by Gasteiger charge is 2.26. The first-order valence-electron chi connectivity index (χ1n) is 22.2. The molecule has 0 amide bonds. The highest BCUT2D eigenvalue weighted by atomic mass is 31.2. The number of carbonyl (C=O) groups excluding carboxylic acids is 1. The fourth-order valence-corrected chi connectivity index (χ4v) is 5.86. The molecule has 338 valence electrons. The lowest BCUT2D eigenvalue weighted by molar-refractivity contribution is -0.154. The molecule has 10 heteroatoms. The molecule has 9 nitrogen and oxygen atoms in total. The SMILES string of the molecule is CC/C=C\C/C=C\C/C=C\C/C=C\C/C=C\C/C=C\CCCCCCC(=O)OC(COCC/C=C\C/C=C\C/C=C\C/C=C\C/C=C\CC)COP(=O)(O)OCC(O)CO. The molecule has 0 aromatic heterocycles. The standard InChI is InChI=1S/C50H79O9P/c1-3-5-7-9-11-13-15-17-19-21-22-23-24-25-26-27-28-30-32-34-36-38-40-42-50(53)59-49(47-58-60(54,55)57-45-48(52)44-51)46-56-43-41-39-37-35-33-31-29-20-18-16-14-12-10-8-6-4-2/h5-8,11-14,17-20,22-23,25-26,28,30-31,33,37,39,48-49,51-52H,3-4,9-10,15-16,21,24,27,29,32,34-36,38,40-47H2,1-2H3,(H,54,55)/b7-5-,8-6-,13-11-,14-12-,19-17-,20-18-,23-22-,26-25-,30-28-,33-31-,39-37-. The average Bonchev–Trinajstić information content (AvgIpc) is 3.24. The highest BCUT2D eigenvalue weighted by Crippen LogP contribution is 2.43. The number of aliphatic hydroxyl groups excluding tert-OH is 2. The number of aliphatic hydroxyl groups is 2. The second kappa shape index (κ2) is 45.1. The minimum atomic E-state index is -4.56. The van der Waals surface area contributed by atoms with Crippen LogP contribution in [-0.4, -0.2) is 66.3 Å². The Morgan fingerprint density at radius 2 is 0.900 bits per heavy atom. The molecule has 0 aromatic rings. The van der Waals surface area contributed by atoms with Gasteiger partial charge in [0, 0.05) is 6.42 Å². The zero-order valence-electron chi connectivity index (χ0n) is 36.9. The Balaban J connectivity index is 4.36. The van der Waals surface area contributed by atoms with Crippen molar-refractivity contribution in [1.29, 1.82) is 0 Å². The zero-order chi connectivity index (χ0) is 43.9. The molecular formula is C50H79O9P. The van der Waals surface area contributed by atoms with E-state index in [-0.39, 0.29) is 13.0 Å². The van der Waals surface area contributed by atoms with E-state index in [1.54, 1.807) is 0 Å². The molecular weight excluding hydrogens is 776 g/mol. The minimum absolute atomic E-state index is 0.0261. The topological polar surface area (TPSA) is 132 Å². The van der Waals surface area contributed by atoms with Crippen LogP contribution in [-0.2, 0) is 27.9 Å². The first-order valence-corrected chi connectivity index (χ1v) is 23.7. The molecule has 0 saturated carbocycles. The average molecular weight is 855 g/mol. The van der Waals surface area contributed by atoms with Crippen molar-refractivity contribution < 1.29 is 43.0 Å². The van der Waals surface area contributed by atoms with Crippen LogP contribution in [0, 0.1) is 0 Å².